The number of hydrogen-bond donors (Lipinski definition) is 0. The third-order valence-electron chi connectivity index (χ3n) is 5.13. The van der Waals surface area contributed by atoms with Gasteiger partial charge in [-0.25, -0.2) is 9.59 Å². The van der Waals surface area contributed by atoms with E-state index in [1.807, 2.05) is 36.4 Å². The highest BCUT2D eigenvalue weighted by Gasteiger charge is 2.41. The number of benzene rings is 1. The van der Waals surface area contributed by atoms with Gasteiger partial charge in [0.15, 0.2) is 0 Å². The molecule has 0 heterocycles. The molecule has 27 heavy (non-hydrogen) atoms. The average Bonchev–Trinajstić information content (AvgIpc) is 2.71. The molecule has 1 amide bonds. The zero-order valence-corrected chi connectivity index (χ0v) is 16.1. The molecule has 1 aromatic carbocycles. The molecule has 5 nitrogen and oxygen atoms in total. The highest BCUT2D eigenvalue weighted by atomic mass is 16.6. The number of carbonyl (C=O) groups is 2. The lowest BCUT2D eigenvalue weighted by Crippen LogP contribution is -2.54. The van der Waals surface area contributed by atoms with E-state index in [9.17, 15) is 9.59 Å². The summed E-state index contributed by atoms with van der Waals surface area (Å²) >= 11 is 0. The average molecular weight is 371 g/mol. The number of amides is 1. The molecule has 146 valence electrons. The Morgan fingerprint density at radius 2 is 1.85 bits per heavy atom. The Balaban J connectivity index is 2.21. The van der Waals surface area contributed by atoms with Crippen LogP contribution in [0.5, 0.6) is 0 Å². The number of nitrogens with zero attached hydrogens (tertiary/aromatic N) is 1. The molecule has 0 atom stereocenters. The maximum Gasteiger partial charge on any atom is 0.410 e. The van der Waals surface area contributed by atoms with Gasteiger partial charge in [0.05, 0.1) is 19.2 Å². The van der Waals surface area contributed by atoms with Crippen molar-refractivity contribution in [3.63, 3.8) is 0 Å². The fourth-order valence-electron chi connectivity index (χ4n) is 3.69. The zero-order valence-electron chi connectivity index (χ0n) is 16.1. The van der Waals surface area contributed by atoms with Crippen molar-refractivity contribution in [1.82, 2.24) is 4.90 Å². The van der Waals surface area contributed by atoms with E-state index in [1.54, 1.807) is 4.90 Å². The molecule has 0 aliphatic heterocycles. The molecule has 0 N–H and O–H groups in total. The highest BCUT2D eigenvalue weighted by Crippen LogP contribution is 2.38. The van der Waals surface area contributed by atoms with Gasteiger partial charge < -0.3 is 9.47 Å². The lowest BCUT2D eigenvalue weighted by Gasteiger charge is -2.45. The first-order valence-corrected chi connectivity index (χ1v) is 9.38. The molecule has 0 spiro atoms. The van der Waals surface area contributed by atoms with Crippen molar-refractivity contribution in [2.24, 2.45) is 0 Å². The molecule has 0 bridgehead atoms. The summed E-state index contributed by atoms with van der Waals surface area (Å²) in [6, 6.07) is 9.54. The summed E-state index contributed by atoms with van der Waals surface area (Å²) in [7, 11) is 1.31. The van der Waals surface area contributed by atoms with Gasteiger partial charge in [0.2, 0.25) is 0 Å². The number of ether oxygens (including phenoxy) is 2. The SMILES string of the molecule is C=CCC1(N(CC(=C)C(=O)OC)C(=O)OCc2ccccc2)CCCCC1. The van der Waals surface area contributed by atoms with Crippen LogP contribution in [0.3, 0.4) is 0 Å². The van der Waals surface area contributed by atoms with E-state index >= 15 is 0 Å². The number of esters is 1. The molecule has 1 aliphatic carbocycles. The monoisotopic (exact) mass is 371 g/mol. The molecule has 0 radical (unpaired) electrons. The van der Waals surface area contributed by atoms with Crippen molar-refractivity contribution in [3.8, 4) is 0 Å². The molecule has 1 aromatic rings. The van der Waals surface area contributed by atoms with Crippen molar-refractivity contribution in [2.75, 3.05) is 13.7 Å². The standard InChI is InChI=1S/C22H29NO4/c1-4-13-22(14-9-6-10-15-22)23(16-18(2)20(24)26-3)21(25)27-17-19-11-7-5-8-12-19/h4-5,7-8,11-12H,1-2,6,9-10,13-17H2,3H3. The Labute approximate surface area is 161 Å². The molecule has 5 heteroatoms. The van der Waals surface area contributed by atoms with Gasteiger partial charge in [0, 0.05) is 5.57 Å². The molecule has 1 aliphatic rings. The smallest absolute Gasteiger partial charge is 0.410 e. The maximum atomic E-state index is 13.0. The molecular formula is C22H29NO4. The normalized spacial score (nSPS) is 15.4. The molecule has 2 rings (SSSR count). The first kappa shape index (κ1) is 20.7. The van der Waals surface area contributed by atoms with Gasteiger partial charge in [-0.05, 0) is 24.8 Å². The summed E-state index contributed by atoms with van der Waals surface area (Å²) in [5.41, 5.74) is 0.757. The Morgan fingerprint density at radius 1 is 1.19 bits per heavy atom. The van der Waals surface area contributed by atoms with Crippen LogP contribution >= 0.6 is 0 Å². The van der Waals surface area contributed by atoms with Crippen LogP contribution in [-0.2, 0) is 20.9 Å². The van der Waals surface area contributed by atoms with E-state index in [2.05, 4.69) is 13.2 Å². The Morgan fingerprint density at radius 3 is 2.44 bits per heavy atom. The summed E-state index contributed by atoms with van der Waals surface area (Å²) in [4.78, 5) is 26.6. The van der Waals surface area contributed by atoms with Gasteiger partial charge in [-0.15, -0.1) is 6.58 Å². The van der Waals surface area contributed by atoms with Gasteiger partial charge in [0.25, 0.3) is 0 Å². The highest BCUT2D eigenvalue weighted by molar-refractivity contribution is 5.88. The van der Waals surface area contributed by atoms with Crippen molar-refractivity contribution in [1.29, 1.82) is 0 Å². The first-order chi connectivity index (χ1) is 13.0. The number of carbonyl (C=O) groups excluding carboxylic acids is 2. The second-order valence-electron chi connectivity index (χ2n) is 7.00. The summed E-state index contributed by atoms with van der Waals surface area (Å²) in [6.07, 6.45) is 6.96. The van der Waals surface area contributed by atoms with Crippen LogP contribution in [0, 0.1) is 0 Å². The summed E-state index contributed by atoms with van der Waals surface area (Å²) in [5.74, 6) is -0.513. The lowest BCUT2D eigenvalue weighted by atomic mass is 9.77. The third-order valence-corrected chi connectivity index (χ3v) is 5.13. The van der Waals surface area contributed by atoms with Gasteiger partial charge in [-0.2, -0.15) is 0 Å². The van der Waals surface area contributed by atoms with Crippen molar-refractivity contribution in [3.05, 3.63) is 60.7 Å². The largest absolute Gasteiger partial charge is 0.466 e. The molecule has 1 saturated carbocycles. The molecule has 0 unspecified atom stereocenters. The summed E-state index contributed by atoms with van der Waals surface area (Å²) in [5, 5.41) is 0. The molecule has 0 saturated heterocycles. The maximum absolute atomic E-state index is 13.0. The van der Waals surface area contributed by atoms with E-state index in [1.165, 1.54) is 7.11 Å². The third kappa shape index (κ3) is 5.46. The topological polar surface area (TPSA) is 55.8 Å². The van der Waals surface area contributed by atoms with Crippen molar-refractivity contribution < 1.29 is 19.1 Å². The zero-order chi connectivity index (χ0) is 19.7. The van der Waals surface area contributed by atoms with Crippen LogP contribution < -0.4 is 0 Å². The van der Waals surface area contributed by atoms with Gasteiger partial charge >= 0.3 is 12.1 Å². The second kappa shape index (κ2) is 9.95. The van der Waals surface area contributed by atoms with Gasteiger partial charge in [0.1, 0.15) is 6.61 Å². The minimum atomic E-state index is -0.513. The number of hydrogen-bond acceptors (Lipinski definition) is 4. The number of methoxy groups -OCH3 is 1. The van der Waals surface area contributed by atoms with Crippen molar-refractivity contribution >= 4 is 12.1 Å². The first-order valence-electron chi connectivity index (χ1n) is 9.38. The van der Waals surface area contributed by atoms with Crippen LogP contribution in [0.25, 0.3) is 0 Å². The quantitative estimate of drug-likeness (QED) is 0.380. The van der Waals surface area contributed by atoms with Crippen LogP contribution in [0.1, 0.15) is 44.1 Å². The predicted octanol–water partition coefficient (Wildman–Crippen LogP) is 4.63. The molecular weight excluding hydrogens is 342 g/mol. The predicted molar refractivity (Wildman–Crippen MR) is 105 cm³/mol. The van der Waals surface area contributed by atoms with Crippen LogP contribution in [0.2, 0.25) is 0 Å². The second-order valence-corrected chi connectivity index (χ2v) is 7.00. The van der Waals surface area contributed by atoms with E-state index < -0.39 is 17.6 Å². The minimum Gasteiger partial charge on any atom is -0.466 e. The van der Waals surface area contributed by atoms with E-state index in [4.69, 9.17) is 9.47 Å². The van der Waals surface area contributed by atoms with Crippen LogP contribution in [-0.4, -0.2) is 36.2 Å². The van der Waals surface area contributed by atoms with Crippen LogP contribution in [0.15, 0.2) is 55.1 Å². The number of rotatable bonds is 8. The molecule has 0 aromatic heterocycles. The fraction of sp³-hybridized carbons (Fsp3) is 0.455. The fourth-order valence-corrected chi connectivity index (χ4v) is 3.69. The van der Waals surface area contributed by atoms with Gasteiger partial charge in [-0.1, -0.05) is 62.2 Å². The van der Waals surface area contributed by atoms with Crippen LogP contribution in [0.4, 0.5) is 4.79 Å². The summed E-state index contributed by atoms with van der Waals surface area (Å²) in [6.45, 7) is 7.95. The van der Waals surface area contributed by atoms with Gasteiger partial charge in [-0.3, -0.25) is 4.90 Å². The Kier molecular flexibility index (Phi) is 7.65. The van der Waals surface area contributed by atoms with E-state index in [0.29, 0.717) is 6.42 Å². The van der Waals surface area contributed by atoms with E-state index in [0.717, 1.165) is 37.7 Å². The minimum absolute atomic E-state index is 0.0914. The van der Waals surface area contributed by atoms with E-state index in [-0.39, 0.29) is 18.7 Å². The van der Waals surface area contributed by atoms with Crippen molar-refractivity contribution in [2.45, 2.75) is 50.7 Å². The lowest BCUT2D eigenvalue weighted by molar-refractivity contribution is -0.136. The molecule has 1 fully saturated rings. The Bertz CT molecular complexity index is 662. The Hall–Kier alpha value is -2.56. The summed E-state index contributed by atoms with van der Waals surface area (Å²) < 4.78 is 10.4.